The number of methoxy groups -OCH3 is 1. The molecule has 0 aromatic carbocycles. The van der Waals surface area contributed by atoms with Gasteiger partial charge in [0.05, 0.1) is 17.8 Å². The zero-order valence-corrected chi connectivity index (χ0v) is 11.2. The lowest BCUT2D eigenvalue weighted by Crippen LogP contribution is -2.49. The van der Waals surface area contributed by atoms with E-state index in [4.69, 9.17) is 9.47 Å². The average molecular weight is 242 g/mol. The van der Waals surface area contributed by atoms with Crippen LogP contribution in [-0.4, -0.2) is 36.6 Å². The Bertz CT molecular complexity index is 248. The van der Waals surface area contributed by atoms with Gasteiger partial charge < -0.3 is 14.6 Å². The summed E-state index contributed by atoms with van der Waals surface area (Å²) in [6.07, 6.45) is 7.66. The molecule has 0 radical (unpaired) electrons. The highest BCUT2D eigenvalue weighted by Gasteiger charge is 2.46. The average Bonchev–Trinajstić information content (AvgIpc) is 2.77. The minimum absolute atomic E-state index is 0.0831. The van der Waals surface area contributed by atoms with Crippen molar-refractivity contribution in [2.45, 2.75) is 63.1 Å². The van der Waals surface area contributed by atoms with Crippen LogP contribution in [-0.2, 0) is 9.47 Å². The molecule has 1 saturated carbocycles. The summed E-state index contributed by atoms with van der Waals surface area (Å²) in [6.45, 7) is 3.30. The zero-order chi connectivity index (χ0) is 12.4. The van der Waals surface area contributed by atoms with Crippen LogP contribution in [0.1, 0.15) is 51.9 Å². The van der Waals surface area contributed by atoms with Crippen molar-refractivity contribution in [2.24, 2.45) is 5.92 Å². The van der Waals surface area contributed by atoms with Gasteiger partial charge >= 0.3 is 0 Å². The molecule has 2 rings (SSSR count). The van der Waals surface area contributed by atoms with Crippen LogP contribution in [0.15, 0.2) is 0 Å². The summed E-state index contributed by atoms with van der Waals surface area (Å²) in [7, 11) is 1.67. The van der Waals surface area contributed by atoms with Crippen molar-refractivity contribution in [1.82, 2.24) is 0 Å². The third-order valence-corrected chi connectivity index (χ3v) is 4.77. The molecule has 17 heavy (non-hydrogen) atoms. The lowest BCUT2D eigenvalue weighted by molar-refractivity contribution is -0.156. The van der Waals surface area contributed by atoms with Crippen molar-refractivity contribution in [3.8, 4) is 0 Å². The molecule has 0 aromatic heterocycles. The topological polar surface area (TPSA) is 38.7 Å². The standard InChI is InChI=1S/C14H26O3/c1-3-14(15,11-16-2)12-6-9-17-13(10-12)7-4-5-8-13/h12,15H,3-11H2,1-2H3. The van der Waals surface area contributed by atoms with Gasteiger partial charge in [0.2, 0.25) is 0 Å². The monoisotopic (exact) mass is 242 g/mol. The Labute approximate surface area is 104 Å². The molecular formula is C14H26O3. The van der Waals surface area contributed by atoms with E-state index in [1.807, 2.05) is 0 Å². The van der Waals surface area contributed by atoms with Gasteiger partial charge in [-0.2, -0.15) is 0 Å². The Hall–Kier alpha value is -0.120. The first kappa shape index (κ1) is 13.3. The van der Waals surface area contributed by atoms with E-state index in [2.05, 4.69) is 6.92 Å². The molecular weight excluding hydrogens is 216 g/mol. The molecule has 1 aliphatic carbocycles. The van der Waals surface area contributed by atoms with Gasteiger partial charge in [-0.05, 0) is 38.0 Å². The maximum atomic E-state index is 10.7. The minimum atomic E-state index is -0.659. The summed E-state index contributed by atoms with van der Waals surface area (Å²) in [5.41, 5.74) is -0.575. The van der Waals surface area contributed by atoms with E-state index in [1.165, 1.54) is 25.7 Å². The van der Waals surface area contributed by atoms with E-state index in [1.54, 1.807) is 7.11 Å². The molecule has 1 spiro atoms. The predicted molar refractivity (Wildman–Crippen MR) is 67.0 cm³/mol. The third kappa shape index (κ3) is 2.67. The number of aliphatic hydroxyl groups is 1. The third-order valence-electron chi connectivity index (χ3n) is 4.77. The first-order valence-corrected chi connectivity index (χ1v) is 6.99. The Balaban J connectivity index is 2.05. The molecule has 1 aliphatic heterocycles. The number of hydrogen-bond acceptors (Lipinski definition) is 3. The van der Waals surface area contributed by atoms with Gasteiger partial charge in [0.15, 0.2) is 0 Å². The van der Waals surface area contributed by atoms with E-state index in [-0.39, 0.29) is 5.60 Å². The predicted octanol–water partition coefficient (Wildman–Crippen LogP) is 2.51. The normalized spacial score (nSPS) is 31.6. The Morgan fingerprint density at radius 3 is 2.71 bits per heavy atom. The van der Waals surface area contributed by atoms with Crippen LogP contribution in [0.3, 0.4) is 0 Å². The molecule has 2 aliphatic rings. The molecule has 100 valence electrons. The second kappa shape index (κ2) is 5.25. The van der Waals surface area contributed by atoms with Crippen molar-refractivity contribution in [3.63, 3.8) is 0 Å². The Kier molecular flexibility index (Phi) is 4.11. The SMILES string of the molecule is CCC(O)(COC)C1CCOC2(CCCC2)C1. The maximum Gasteiger partial charge on any atom is 0.0907 e. The Morgan fingerprint density at radius 1 is 1.41 bits per heavy atom. The van der Waals surface area contributed by atoms with Crippen molar-refractivity contribution in [1.29, 1.82) is 0 Å². The van der Waals surface area contributed by atoms with E-state index in [9.17, 15) is 5.11 Å². The fourth-order valence-corrected chi connectivity index (χ4v) is 3.61. The number of ether oxygens (including phenoxy) is 2. The van der Waals surface area contributed by atoms with Crippen LogP contribution in [0.25, 0.3) is 0 Å². The van der Waals surface area contributed by atoms with E-state index >= 15 is 0 Å². The number of hydrogen-bond donors (Lipinski definition) is 1. The highest BCUT2D eigenvalue weighted by atomic mass is 16.5. The first-order valence-electron chi connectivity index (χ1n) is 6.99. The van der Waals surface area contributed by atoms with Gasteiger partial charge in [0, 0.05) is 13.7 Å². The van der Waals surface area contributed by atoms with Gasteiger partial charge in [-0.25, -0.2) is 0 Å². The van der Waals surface area contributed by atoms with Crippen molar-refractivity contribution < 1.29 is 14.6 Å². The second-order valence-electron chi connectivity index (χ2n) is 5.82. The quantitative estimate of drug-likeness (QED) is 0.823. The van der Waals surface area contributed by atoms with Crippen LogP contribution >= 0.6 is 0 Å². The summed E-state index contributed by atoms with van der Waals surface area (Å²) >= 11 is 0. The molecule has 2 fully saturated rings. The van der Waals surface area contributed by atoms with E-state index in [0.29, 0.717) is 12.5 Å². The molecule has 1 saturated heterocycles. The van der Waals surface area contributed by atoms with Crippen LogP contribution in [0.2, 0.25) is 0 Å². The van der Waals surface area contributed by atoms with Crippen LogP contribution in [0, 0.1) is 5.92 Å². The van der Waals surface area contributed by atoms with Gasteiger partial charge in [0.25, 0.3) is 0 Å². The summed E-state index contributed by atoms with van der Waals surface area (Å²) in [5.74, 6) is 0.333. The van der Waals surface area contributed by atoms with Crippen molar-refractivity contribution in [2.75, 3.05) is 20.3 Å². The highest BCUT2D eigenvalue weighted by Crippen LogP contribution is 2.45. The smallest absolute Gasteiger partial charge is 0.0907 e. The van der Waals surface area contributed by atoms with Gasteiger partial charge in [-0.3, -0.25) is 0 Å². The largest absolute Gasteiger partial charge is 0.387 e. The number of rotatable bonds is 4. The molecule has 0 bridgehead atoms. The molecule has 2 atom stereocenters. The second-order valence-corrected chi connectivity index (χ2v) is 5.82. The molecule has 3 nitrogen and oxygen atoms in total. The van der Waals surface area contributed by atoms with Crippen LogP contribution in [0.4, 0.5) is 0 Å². The van der Waals surface area contributed by atoms with Gasteiger partial charge in [-0.1, -0.05) is 19.8 Å². The Morgan fingerprint density at radius 2 is 2.12 bits per heavy atom. The van der Waals surface area contributed by atoms with Crippen molar-refractivity contribution in [3.05, 3.63) is 0 Å². The highest BCUT2D eigenvalue weighted by molar-refractivity contribution is 4.97. The summed E-state index contributed by atoms with van der Waals surface area (Å²) in [4.78, 5) is 0. The molecule has 1 heterocycles. The summed E-state index contributed by atoms with van der Waals surface area (Å²) in [6, 6.07) is 0. The molecule has 3 heteroatoms. The minimum Gasteiger partial charge on any atom is -0.387 e. The molecule has 0 amide bonds. The maximum absolute atomic E-state index is 10.7. The first-order chi connectivity index (χ1) is 8.14. The van der Waals surface area contributed by atoms with Gasteiger partial charge in [-0.15, -0.1) is 0 Å². The van der Waals surface area contributed by atoms with Crippen molar-refractivity contribution >= 4 is 0 Å². The van der Waals surface area contributed by atoms with Gasteiger partial charge in [0.1, 0.15) is 0 Å². The molecule has 2 unspecified atom stereocenters. The summed E-state index contributed by atoms with van der Waals surface area (Å²) < 4.78 is 11.2. The fourth-order valence-electron chi connectivity index (χ4n) is 3.61. The van der Waals surface area contributed by atoms with Crippen LogP contribution < -0.4 is 0 Å². The van der Waals surface area contributed by atoms with E-state index < -0.39 is 5.60 Å². The van der Waals surface area contributed by atoms with E-state index in [0.717, 1.165) is 25.9 Å². The zero-order valence-electron chi connectivity index (χ0n) is 11.2. The lowest BCUT2D eigenvalue weighted by Gasteiger charge is -2.44. The molecule has 1 N–H and O–H groups in total. The fraction of sp³-hybridized carbons (Fsp3) is 1.00. The molecule has 0 aromatic rings. The van der Waals surface area contributed by atoms with Crippen LogP contribution in [0.5, 0.6) is 0 Å². The summed E-state index contributed by atoms with van der Waals surface area (Å²) in [5, 5.41) is 10.7. The lowest BCUT2D eigenvalue weighted by atomic mass is 9.74.